The van der Waals surface area contributed by atoms with E-state index >= 15 is 0 Å². The van der Waals surface area contributed by atoms with E-state index in [1.54, 1.807) is 36.4 Å². The summed E-state index contributed by atoms with van der Waals surface area (Å²) in [5, 5.41) is 9.14. The molecule has 0 fully saturated rings. The van der Waals surface area contributed by atoms with Gasteiger partial charge in [-0.3, -0.25) is 0 Å². The Balaban J connectivity index is 2.04. The summed E-state index contributed by atoms with van der Waals surface area (Å²) in [5.74, 6) is -0.0559. The van der Waals surface area contributed by atoms with Gasteiger partial charge in [-0.1, -0.05) is 24.3 Å². The summed E-state index contributed by atoms with van der Waals surface area (Å²) in [6.07, 6.45) is -4.09. The van der Waals surface area contributed by atoms with Crippen molar-refractivity contribution in [2.24, 2.45) is 0 Å². The molecule has 2 aromatic rings. The number of halogens is 3. The molecule has 1 N–H and O–H groups in total. The van der Waals surface area contributed by atoms with Gasteiger partial charge in [-0.25, -0.2) is 0 Å². The van der Waals surface area contributed by atoms with E-state index in [0.717, 1.165) is 11.1 Å². The van der Waals surface area contributed by atoms with Crippen molar-refractivity contribution in [3.63, 3.8) is 0 Å². The fourth-order valence-corrected chi connectivity index (χ4v) is 1.66. The van der Waals surface area contributed by atoms with Gasteiger partial charge in [0.1, 0.15) is 11.5 Å². The zero-order valence-corrected chi connectivity index (χ0v) is 9.82. The number of alkyl halides is 3. The molecule has 100 valence electrons. The van der Waals surface area contributed by atoms with Crippen LogP contribution in [0.2, 0.25) is 0 Å². The first kappa shape index (κ1) is 13.3. The minimum Gasteiger partial charge on any atom is -0.508 e. The number of ether oxygens (including phenoxy) is 1. The lowest BCUT2D eigenvalue weighted by Gasteiger charge is -2.09. The van der Waals surface area contributed by atoms with Gasteiger partial charge < -0.3 is 9.84 Å². The number of benzene rings is 2. The van der Waals surface area contributed by atoms with Crippen molar-refractivity contribution in [3.05, 3.63) is 59.7 Å². The van der Waals surface area contributed by atoms with Crippen molar-refractivity contribution in [2.45, 2.75) is 12.8 Å². The van der Waals surface area contributed by atoms with Crippen molar-refractivity contribution >= 4 is 0 Å². The fraction of sp³-hybridized carbons (Fsp3) is 0.143. The molecule has 0 aromatic heterocycles. The molecule has 0 bridgehead atoms. The van der Waals surface area contributed by atoms with Gasteiger partial charge in [0.05, 0.1) is 0 Å². The predicted molar refractivity (Wildman–Crippen MR) is 64.0 cm³/mol. The van der Waals surface area contributed by atoms with Crippen molar-refractivity contribution in [3.8, 4) is 11.5 Å². The summed E-state index contributed by atoms with van der Waals surface area (Å²) in [6, 6.07) is 12.4. The molecular formula is C14H11F3O2. The maximum atomic E-state index is 12.0. The van der Waals surface area contributed by atoms with E-state index in [-0.39, 0.29) is 11.5 Å². The molecule has 0 spiro atoms. The standard InChI is InChI=1S/C14H11F3O2/c15-14(16,17)19-13-7-3-11(4-8-13)9-10-1-5-12(18)6-2-10/h1-8,18H,9H2. The van der Waals surface area contributed by atoms with E-state index < -0.39 is 6.36 Å². The van der Waals surface area contributed by atoms with Crippen LogP contribution in [-0.4, -0.2) is 11.5 Å². The van der Waals surface area contributed by atoms with E-state index in [9.17, 15) is 13.2 Å². The van der Waals surface area contributed by atoms with Gasteiger partial charge >= 0.3 is 6.36 Å². The SMILES string of the molecule is Oc1ccc(Cc2ccc(OC(F)(F)F)cc2)cc1. The van der Waals surface area contributed by atoms with E-state index in [4.69, 9.17) is 5.11 Å². The lowest BCUT2D eigenvalue weighted by molar-refractivity contribution is -0.274. The predicted octanol–water partition coefficient (Wildman–Crippen LogP) is 3.88. The fourth-order valence-electron chi connectivity index (χ4n) is 1.66. The first-order chi connectivity index (χ1) is 8.92. The highest BCUT2D eigenvalue weighted by Crippen LogP contribution is 2.23. The molecule has 0 saturated carbocycles. The summed E-state index contributed by atoms with van der Waals surface area (Å²) < 4.78 is 39.7. The number of hydrogen-bond acceptors (Lipinski definition) is 2. The first-order valence-corrected chi connectivity index (χ1v) is 5.55. The maximum Gasteiger partial charge on any atom is 0.573 e. The molecule has 0 heterocycles. The Labute approximate surface area is 108 Å². The molecule has 0 aliphatic rings. The molecule has 0 aliphatic heterocycles. The zero-order valence-electron chi connectivity index (χ0n) is 9.82. The van der Waals surface area contributed by atoms with E-state index in [1.807, 2.05) is 0 Å². The molecule has 19 heavy (non-hydrogen) atoms. The van der Waals surface area contributed by atoms with Crippen LogP contribution in [0.25, 0.3) is 0 Å². The van der Waals surface area contributed by atoms with E-state index in [1.165, 1.54) is 12.1 Å². The molecule has 0 atom stereocenters. The minimum absolute atomic E-state index is 0.178. The van der Waals surface area contributed by atoms with Crippen molar-refractivity contribution < 1.29 is 23.0 Å². The average molecular weight is 268 g/mol. The quantitative estimate of drug-likeness (QED) is 0.915. The van der Waals surface area contributed by atoms with E-state index in [0.29, 0.717) is 6.42 Å². The number of rotatable bonds is 3. The molecule has 0 radical (unpaired) electrons. The molecular weight excluding hydrogens is 257 g/mol. The first-order valence-electron chi connectivity index (χ1n) is 5.55. The lowest BCUT2D eigenvalue weighted by atomic mass is 10.0. The van der Waals surface area contributed by atoms with Gasteiger partial charge in [0.25, 0.3) is 0 Å². The second-order valence-corrected chi connectivity index (χ2v) is 4.03. The van der Waals surface area contributed by atoms with E-state index in [2.05, 4.69) is 4.74 Å². The van der Waals surface area contributed by atoms with Crippen molar-refractivity contribution in [1.29, 1.82) is 0 Å². The van der Waals surface area contributed by atoms with Crippen LogP contribution in [0.5, 0.6) is 11.5 Å². The van der Waals surface area contributed by atoms with Crippen LogP contribution < -0.4 is 4.74 Å². The minimum atomic E-state index is -4.67. The summed E-state index contributed by atoms with van der Waals surface area (Å²) in [4.78, 5) is 0. The normalized spacial score (nSPS) is 11.3. The van der Waals surface area contributed by atoms with Crippen LogP contribution in [0.4, 0.5) is 13.2 Å². The van der Waals surface area contributed by atoms with Gasteiger partial charge in [0.15, 0.2) is 0 Å². The highest BCUT2D eigenvalue weighted by Gasteiger charge is 2.30. The highest BCUT2D eigenvalue weighted by molar-refractivity contribution is 5.33. The average Bonchev–Trinajstić information content (AvgIpc) is 2.33. The third-order valence-corrected chi connectivity index (χ3v) is 2.50. The molecule has 0 amide bonds. The van der Waals surface area contributed by atoms with Gasteiger partial charge in [0, 0.05) is 0 Å². The summed E-state index contributed by atoms with van der Waals surface area (Å²) in [7, 11) is 0. The van der Waals surface area contributed by atoms with Crippen LogP contribution in [-0.2, 0) is 6.42 Å². The van der Waals surface area contributed by atoms with Crippen molar-refractivity contribution in [1.82, 2.24) is 0 Å². The maximum absolute atomic E-state index is 12.0. The molecule has 2 nitrogen and oxygen atoms in total. The molecule has 5 heteroatoms. The summed E-state index contributed by atoms with van der Waals surface area (Å²) >= 11 is 0. The van der Waals surface area contributed by atoms with Gasteiger partial charge in [-0.2, -0.15) is 0 Å². The summed E-state index contributed by atoms with van der Waals surface area (Å²) in [6.45, 7) is 0. The Hall–Kier alpha value is -2.17. The Morgan fingerprint density at radius 3 is 1.79 bits per heavy atom. The second kappa shape index (κ2) is 5.22. The van der Waals surface area contributed by atoms with Crippen molar-refractivity contribution in [2.75, 3.05) is 0 Å². The monoisotopic (exact) mass is 268 g/mol. The molecule has 0 saturated heterocycles. The zero-order chi connectivity index (χ0) is 13.9. The second-order valence-electron chi connectivity index (χ2n) is 4.03. The Kier molecular flexibility index (Phi) is 3.64. The van der Waals surface area contributed by atoms with Crippen LogP contribution in [0, 0.1) is 0 Å². The molecule has 0 aliphatic carbocycles. The van der Waals surface area contributed by atoms with Crippen LogP contribution in [0.1, 0.15) is 11.1 Å². The van der Waals surface area contributed by atoms with Gasteiger partial charge in [-0.15, -0.1) is 13.2 Å². The third-order valence-electron chi connectivity index (χ3n) is 2.50. The lowest BCUT2D eigenvalue weighted by Crippen LogP contribution is -2.17. The number of phenols is 1. The van der Waals surface area contributed by atoms with Gasteiger partial charge in [-0.05, 0) is 41.8 Å². The van der Waals surface area contributed by atoms with Crippen LogP contribution >= 0.6 is 0 Å². The van der Waals surface area contributed by atoms with Crippen LogP contribution in [0.3, 0.4) is 0 Å². The molecule has 2 rings (SSSR count). The number of aromatic hydroxyl groups is 1. The largest absolute Gasteiger partial charge is 0.573 e. The Morgan fingerprint density at radius 1 is 0.842 bits per heavy atom. The smallest absolute Gasteiger partial charge is 0.508 e. The number of hydrogen-bond donors (Lipinski definition) is 1. The highest BCUT2D eigenvalue weighted by atomic mass is 19.4. The Morgan fingerprint density at radius 2 is 1.32 bits per heavy atom. The number of phenolic OH excluding ortho intramolecular Hbond substituents is 1. The molecule has 0 unspecified atom stereocenters. The van der Waals surface area contributed by atoms with Gasteiger partial charge in [0.2, 0.25) is 0 Å². The third kappa shape index (κ3) is 4.21. The van der Waals surface area contributed by atoms with Crippen LogP contribution in [0.15, 0.2) is 48.5 Å². The Bertz CT molecular complexity index is 530. The molecule has 2 aromatic carbocycles. The topological polar surface area (TPSA) is 29.5 Å². The summed E-state index contributed by atoms with van der Waals surface area (Å²) in [5.41, 5.74) is 1.82.